The van der Waals surface area contributed by atoms with Crippen molar-refractivity contribution in [2.45, 2.75) is 52.7 Å². The summed E-state index contributed by atoms with van der Waals surface area (Å²) >= 11 is 0. The molecular weight excluding hydrogens is 258 g/mol. The normalized spacial score (nSPS) is 12.9. The number of aryl methyl sites for hydroxylation is 2. The van der Waals surface area contributed by atoms with Gasteiger partial charge in [0.1, 0.15) is 11.9 Å². The molecule has 1 aromatic rings. The van der Waals surface area contributed by atoms with Crippen LogP contribution in [0.3, 0.4) is 0 Å². The number of ether oxygens (including phenoxy) is 1. The molecule has 0 aliphatic rings. The van der Waals surface area contributed by atoms with Crippen LogP contribution in [0.4, 0.5) is 4.79 Å². The van der Waals surface area contributed by atoms with E-state index in [1.165, 1.54) is 0 Å². The van der Waals surface area contributed by atoms with Gasteiger partial charge in [-0.3, -0.25) is 4.68 Å². The molecule has 0 saturated heterocycles. The molecule has 1 atom stereocenters. The van der Waals surface area contributed by atoms with Gasteiger partial charge in [-0.25, -0.2) is 4.79 Å². The van der Waals surface area contributed by atoms with Crippen molar-refractivity contribution in [2.24, 2.45) is 7.05 Å². The van der Waals surface area contributed by atoms with Crippen molar-refractivity contribution in [3.8, 4) is 0 Å². The van der Waals surface area contributed by atoms with Crippen molar-refractivity contribution in [3.63, 3.8) is 0 Å². The van der Waals surface area contributed by atoms with Crippen LogP contribution < -0.4 is 5.32 Å². The zero-order valence-electron chi connectivity index (χ0n) is 13.0. The Bertz CT molecular complexity index is 500. The van der Waals surface area contributed by atoms with Crippen molar-refractivity contribution >= 4 is 12.4 Å². The van der Waals surface area contributed by atoms with Gasteiger partial charge in [-0.05, 0) is 34.6 Å². The van der Waals surface area contributed by atoms with Crippen molar-refractivity contribution < 1.29 is 14.3 Å². The van der Waals surface area contributed by atoms with Crippen LogP contribution in [0.1, 0.15) is 50.2 Å². The van der Waals surface area contributed by atoms with Crippen LogP contribution in [0.2, 0.25) is 0 Å². The minimum atomic E-state index is -0.575. The van der Waals surface area contributed by atoms with Crippen molar-refractivity contribution in [1.29, 1.82) is 0 Å². The molecule has 0 aliphatic carbocycles. The molecule has 0 fully saturated rings. The largest absolute Gasteiger partial charge is 0.444 e. The highest BCUT2D eigenvalue weighted by atomic mass is 16.6. The molecule has 0 aromatic carbocycles. The van der Waals surface area contributed by atoms with Crippen LogP contribution in [-0.4, -0.2) is 27.8 Å². The number of alkyl carbamates (subject to hydrolysis) is 1. The molecule has 0 bridgehead atoms. The van der Waals surface area contributed by atoms with E-state index in [-0.39, 0.29) is 6.42 Å². The second kappa shape index (κ2) is 6.07. The number of aldehydes is 1. The lowest BCUT2D eigenvalue weighted by atomic mass is 10.0. The van der Waals surface area contributed by atoms with Gasteiger partial charge < -0.3 is 14.8 Å². The summed E-state index contributed by atoms with van der Waals surface area (Å²) in [4.78, 5) is 22.7. The van der Waals surface area contributed by atoms with Gasteiger partial charge in [0.25, 0.3) is 0 Å². The van der Waals surface area contributed by atoms with Crippen LogP contribution in [-0.2, 0) is 16.6 Å². The lowest BCUT2D eigenvalue weighted by Gasteiger charge is -2.23. The molecule has 1 N–H and O–H groups in total. The number of rotatable bonds is 4. The fourth-order valence-electron chi connectivity index (χ4n) is 2.09. The van der Waals surface area contributed by atoms with E-state index in [1.54, 1.807) is 25.5 Å². The molecular formula is C14H23N3O3. The minimum absolute atomic E-state index is 0.187. The topological polar surface area (TPSA) is 73.2 Å². The second-order valence-corrected chi connectivity index (χ2v) is 5.81. The van der Waals surface area contributed by atoms with Gasteiger partial charge in [0, 0.05) is 24.7 Å². The number of nitrogens with zero attached hydrogens (tertiary/aromatic N) is 2. The average molecular weight is 281 g/mol. The third kappa shape index (κ3) is 4.08. The molecule has 0 unspecified atom stereocenters. The smallest absolute Gasteiger partial charge is 0.408 e. The summed E-state index contributed by atoms with van der Waals surface area (Å²) in [6, 6.07) is -0.420. The van der Waals surface area contributed by atoms with Crippen LogP contribution in [0.25, 0.3) is 0 Å². The molecule has 20 heavy (non-hydrogen) atoms. The highest BCUT2D eigenvalue weighted by Crippen LogP contribution is 2.23. The minimum Gasteiger partial charge on any atom is -0.444 e. The third-order valence-electron chi connectivity index (χ3n) is 2.94. The number of amides is 1. The Labute approximate surface area is 119 Å². The molecule has 112 valence electrons. The van der Waals surface area contributed by atoms with E-state index < -0.39 is 17.7 Å². The summed E-state index contributed by atoms with van der Waals surface area (Å²) in [7, 11) is 1.83. The second-order valence-electron chi connectivity index (χ2n) is 5.81. The average Bonchev–Trinajstić information content (AvgIpc) is 2.50. The third-order valence-corrected chi connectivity index (χ3v) is 2.94. The number of carbonyl (C=O) groups is 2. The van der Waals surface area contributed by atoms with Crippen LogP contribution in [0.15, 0.2) is 0 Å². The first-order valence-electron chi connectivity index (χ1n) is 6.59. The molecule has 1 heterocycles. The van der Waals surface area contributed by atoms with Gasteiger partial charge in [0.2, 0.25) is 0 Å². The predicted octanol–water partition coefficient (Wildman–Crippen LogP) is 2.19. The Hall–Kier alpha value is -1.85. The SMILES string of the molecule is Cc1nn(C)c(C)c1[C@H](CC=O)NC(=O)OC(C)(C)C. The summed E-state index contributed by atoms with van der Waals surface area (Å²) in [5, 5.41) is 7.04. The van der Waals surface area contributed by atoms with Crippen LogP contribution in [0, 0.1) is 13.8 Å². The lowest BCUT2D eigenvalue weighted by Crippen LogP contribution is -2.35. The molecule has 1 amide bonds. The maximum Gasteiger partial charge on any atom is 0.408 e. The molecule has 0 aliphatic heterocycles. The maximum absolute atomic E-state index is 11.9. The molecule has 0 radical (unpaired) electrons. The Morgan fingerprint density at radius 3 is 2.45 bits per heavy atom. The van der Waals surface area contributed by atoms with E-state index in [0.29, 0.717) is 0 Å². The van der Waals surface area contributed by atoms with E-state index in [0.717, 1.165) is 23.2 Å². The number of nitrogens with one attached hydrogen (secondary N) is 1. The van der Waals surface area contributed by atoms with E-state index in [2.05, 4.69) is 10.4 Å². The van der Waals surface area contributed by atoms with Gasteiger partial charge in [-0.2, -0.15) is 5.10 Å². The molecule has 6 heteroatoms. The Balaban J connectivity index is 2.95. The fraction of sp³-hybridized carbons (Fsp3) is 0.643. The zero-order chi connectivity index (χ0) is 15.5. The molecule has 1 rings (SSSR count). The Morgan fingerprint density at radius 1 is 1.45 bits per heavy atom. The van der Waals surface area contributed by atoms with Crippen molar-refractivity contribution in [2.75, 3.05) is 0 Å². The first-order chi connectivity index (χ1) is 9.15. The maximum atomic E-state index is 11.9. The van der Waals surface area contributed by atoms with Gasteiger partial charge in [0.15, 0.2) is 0 Å². The quantitative estimate of drug-likeness (QED) is 0.859. The predicted molar refractivity (Wildman–Crippen MR) is 75.5 cm³/mol. The standard InChI is InChI=1S/C14H23N3O3/c1-9-12(10(2)17(6)16-9)11(7-8-18)15-13(19)20-14(3,4)5/h8,11H,7H2,1-6H3,(H,15,19)/t11-/m0/s1. The summed E-state index contributed by atoms with van der Waals surface area (Å²) in [5.74, 6) is 0. The highest BCUT2D eigenvalue weighted by Gasteiger charge is 2.24. The number of carbonyl (C=O) groups excluding carboxylic acids is 2. The van der Waals surface area contributed by atoms with Crippen LogP contribution >= 0.6 is 0 Å². The van der Waals surface area contributed by atoms with Gasteiger partial charge in [0.05, 0.1) is 11.7 Å². The molecule has 0 saturated carbocycles. The first-order valence-corrected chi connectivity index (χ1v) is 6.59. The fourth-order valence-corrected chi connectivity index (χ4v) is 2.09. The molecule has 6 nitrogen and oxygen atoms in total. The number of hydrogen-bond donors (Lipinski definition) is 1. The van der Waals surface area contributed by atoms with Crippen molar-refractivity contribution in [1.82, 2.24) is 15.1 Å². The van der Waals surface area contributed by atoms with Gasteiger partial charge in [-0.1, -0.05) is 0 Å². The van der Waals surface area contributed by atoms with E-state index in [1.807, 2.05) is 20.9 Å². The first kappa shape index (κ1) is 16.2. The summed E-state index contributed by atoms with van der Waals surface area (Å²) in [6.07, 6.45) is 0.438. The lowest BCUT2D eigenvalue weighted by molar-refractivity contribution is -0.108. The summed E-state index contributed by atoms with van der Waals surface area (Å²) in [6.45, 7) is 9.15. The number of aromatic nitrogens is 2. The molecule has 1 aromatic heterocycles. The van der Waals surface area contributed by atoms with E-state index in [9.17, 15) is 9.59 Å². The van der Waals surface area contributed by atoms with Crippen LogP contribution in [0.5, 0.6) is 0 Å². The van der Waals surface area contributed by atoms with E-state index >= 15 is 0 Å². The van der Waals surface area contributed by atoms with Crippen molar-refractivity contribution in [3.05, 3.63) is 17.0 Å². The van der Waals surface area contributed by atoms with Gasteiger partial charge >= 0.3 is 6.09 Å². The van der Waals surface area contributed by atoms with E-state index in [4.69, 9.17) is 4.74 Å². The van der Waals surface area contributed by atoms with Gasteiger partial charge in [-0.15, -0.1) is 0 Å². The summed E-state index contributed by atoms with van der Waals surface area (Å²) < 4.78 is 6.96. The summed E-state index contributed by atoms with van der Waals surface area (Å²) in [5.41, 5.74) is 2.01. The Morgan fingerprint density at radius 2 is 2.05 bits per heavy atom. The molecule has 0 spiro atoms. The Kier molecular flexibility index (Phi) is 4.92. The monoisotopic (exact) mass is 281 g/mol. The highest BCUT2D eigenvalue weighted by molar-refractivity contribution is 5.69. The zero-order valence-corrected chi connectivity index (χ0v) is 13.0. The number of hydrogen-bond acceptors (Lipinski definition) is 4.